The molecule has 142 valence electrons. The first-order chi connectivity index (χ1) is 12.8. The van der Waals surface area contributed by atoms with E-state index in [4.69, 9.17) is 0 Å². The first-order valence-corrected chi connectivity index (χ1v) is 8.26. The lowest BCUT2D eigenvalue weighted by Gasteiger charge is -2.24. The molecule has 6 nitrogen and oxygen atoms in total. The summed E-state index contributed by atoms with van der Waals surface area (Å²) < 4.78 is 38.2. The highest BCUT2D eigenvalue weighted by molar-refractivity contribution is 5.85. The zero-order valence-electron chi connectivity index (χ0n) is 14.0. The van der Waals surface area contributed by atoms with E-state index in [0.29, 0.717) is 12.5 Å². The Labute approximate surface area is 152 Å². The van der Waals surface area contributed by atoms with Gasteiger partial charge in [0.05, 0.1) is 16.4 Å². The highest BCUT2D eigenvalue weighted by atomic mass is 19.4. The Morgan fingerprint density at radius 1 is 1.19 bits per heavy atom. The summed E-state index contributed by atoms with van der Waals surface area (Å²) in [6, 6.07) is 9.61. The summed E-state index contributed by atoms with van der Waals surface area (Å²) in [5.41, 5.74) is 4.63. The fourth-order valence-electron chi connectivity index (χ4n) is 3.21. The lowest BCUT2D eigenvalue weighted by atomic mass is 9.82. The van der Waals surface area contributed by atoms with E-state index in [2.05, 4.69) is 10.9 Å². The number of rotatable bonds is 4. The van der Waals surface area contributed by atoms with Gasteiger partial charge < -0.3 is 0 Å². The minimum absolute atomic E-state index is 0.217. The Morgan fingerprint density at radius 2 is 1.93 bits per heavy atom. The fraction of sp³-hybridized carbons (Fsp3) is 0.278. The zero-order chi connectivity index (χ0) is 19.6. The van der Waals surface area contributed by atoms with Crippen LogP contribution in [0.5, 0.6) is 0 Å². The summed E-state index contributed by atoms with van der Waals surface area (Å²) in [5, 5.41) is 11.1. The van der Waals surface area contributed by atoms with E-state index in [1.165, 1.54) is 0 Å². The lowest BCUT2D eigenvalue weighted by Crippen LogP contribution is -2.35. The fourth-order valence-corrected chi connectivity index (χ4v) is 3.21. The Kier molecular flexibility index (Phi) is 5.02. The van der Waals surface area contributed by atoms with E-state index in [0.717, 1.165) is 36.1 Å². The number of carbonyl (C=O) groups is 1. The summed E-state index contributed by atoms with van der Waals surface area (Å²) in [5.74, 6) is -0.813. The molecule has 0 spiro atoms. The predicted octanol–water partition coefficient (Wildman–Crippen LogP) is 4.18. The third-order valence-corrected chi connectivity index (χ3v) is 4.53. The van der Waals surface area contributed by atoms with Crippen LogP contribution >= 0.6 is 0 Å². The number of benzene rings is 2. The van der Waals surface area contributed by atoms with Crippen molar-refractivity contribution in [2.45, 2.75) is 31.4 Å². The van der Waals surface area contributed by atoms with Crippen LogP contribution in [0.25, 0.3) is 0 Å². The highest BCUT2D eigenvalue weighted by Gasteiger charge is 2.33. The first kappa shape index (κ1) is 18.7. The first-order valence-electron chi connectivity index (χ1n) is 8.26. The maximum atomic E-state index is 12.7. The molecule has 1 aliphatic rings. The van der Waals surface area contributed by atoms with E-state index in [1.807, 2.05) is 24.3 Å². The maximum Gasteiger partial charge on any atom is 0.416 e. The van der Waals surface area contributed by atoms with Crippen molar-refractivity contribution in [3.63, 3.8) is 0 Å². The minimum atomic E-state index is -4.70. The quantitative estimate of drug-likeness (QED) is 0.617. The molecule has 0 aliphatic heterocycles. The number of fused-ring (bicyclic) bond motifs is 1. The topological polar surface area (TPSA) is 84.3 Å². The summed E-state index contributed by atoms with van der Waals surface area (Å²) in [6.45, 7) is 0. The molecule has 0 bridgehead atoms. The van der Waals surface area contributed by atoms with Crippen LogP contribution in [-0.2, 0) is 17.4 Å². The number of nitrogens with one attached hydrogen (secondary N) is 2. The molecule has 9 heteroatoms. The third kappa shape index (κ3) is 4.02. The number of aryl methyl sites for hydroxylation is 1. The minimum Gasteiger partial charge on any atom is -0.292 e. The Hall–Kier alpha value is -3.10. The molecule has 2 N–H and O–H groups in total. The number of hydrogen-bond acceptors (Lipinski definition) is 4. The molecule has 0 fully saturated rings. The lowest BCUT2D eigenvalue weighted by molar-refractivity contribution is -0.384. The van der Waals surface area contributed by atoms with E-state index in [1.54, 1.807) is 0 Å². The van der Waals surface area contributed by atoms with Crippen molar-refractivity contribution in [3.05, 3.63) is 69.3 Å². The molecule has 0 radical (unpaired) electrons. The molecule has 0 heterocycles. The van der Waals surface area contributed by atoms with Crippen molar-refractivity contribution in [1.29, 1.82) is 0 Å². The number of carbonyl (C=O) groups excluding carboxylic acids is 1. The number of hydrazine groups is 1. The van der Waals surface area contributed by atoms with Crippen LogP contribution in [0.2, 0.25) is 0 Å². The van der Waals surface area contributed by atoms with Gasteiger partial charge in [0.25, 0.3) is 5.69 Å². The van der Waals surface area contributed by atoms with Crippen molar-refractivity contribution in [2.75, 3.05) is 5.43 Å². The molecule has 0 saturated heterocycles. The van der Waals surface area contributed by atoms with Crippen molar-refractivity contribution >= 4 is 17.3 Å². The standard InChI is InChI=1S/C18H16F3N3O3/c19-18(20,21)12-8-9-15(16(10-12)24(26)27)22-23-17(25)14-7-3-5-11-4-1-2-6-13(11)14/h1-2,4,6,8-10,14,22H,3,5,7H2,(H,23,25)/t14-/m0/s1. The van der Waals surface area contributed by atoms with Crippen molar-refractivity contribution in [2.24, 2.45) is 0 Å². The number of hydrogen-bond donors (Lipinski definition) is 2. The molecule has 27 heavy (non-hydrogen) atoms. The van der Waals surface area contributed by atoms with Crippen LogP contribution in [0.4, 0.5) is 24.5 Å². The predicted molar refractivity (Wildman–Crippen MR) is 92.0 cm³/mol. The SMILES string of the molecule is O=C(NNc1ccc(C(F)(F)F)cc1[N+](=O)[O-])[C@H]1CCCc2ccccc21. The summed E-state index contributed by atoms with van der Waals surface area (Å²) >= 11 is 0. The van der Waals surface area contributed by atoms with Crippen LogP contribution in [0.3, 0.4) is 0 Å². The summed E-state index contributed by atoms with van der Waals surface area (Å²) in [4.78, 5) is 22.7. The number of nitro benzene ring substituents is 1. The largest absolute Gasteiger partial charge is 0.416 e. The van der Waals surface area contributed by atoms with Crippen LogP contribution in [0.1, 0.15) is 35.4 Å². The second-order valence-electron chi connectivity index (χ2n) is 6.24. The molecular formula is C18H16F3N3O3. The third-order valence-electron chi connectivity index (χ3n) is 4.53. The second kappa shape index (κ2) is 7.26. The molecule has 1 aliphatic carbocycles. The van der Waals surface area contributed by atoms with E-state index >= 15 is 0 Å². The molecule has 1 atom stereocenters. The van der Waals surface area contributed by atoms with Gasteiger partial charge in [0, 0.05) is 6.07 Å². The summed E-state index contributed by atoms with van der Waals surface area (Å²) in [7, 11) is 0. The van der Waals surface area contributed by atoms with Gasteiger partial charge in [-0.3, -0.25) is 25.8 Å². The van der Waals surface area contributed by atoms with Crippen LogP contribution < -0.4 is 10.9 Å². The van der Waals surface area contributed by atoms with Gasteiger partial charge in [-0.1, -0.05) is 24.3 Å². The number of nitro groups is 1. The number of anilines is 1. The van der Waals surface area contributed by atoms with Crippen molar-refractivity contribution in [1.82, 2.24) is 5.43 Å². The Balaban J connectivity index is 1.77. The molecule has 2 aromatic carbocycles. The molecule has 2 aromatic rings. The highest BCUT2D eigenvalue weighted by Crippen LogP contribution is 2.35. The van der Waals surface area contributed by atoms with Gasteiger partial charge in [-0.15, -0.1) is 0 Å². The van der Waals surface area contributed by atoms with Crippen LogP contribution in [0, 0.1) is 10.1 Å². The number of alkyl halides is 3. The van der Waals surface area contributed by atoms with Gasteiger partial charge in [-0.2, -0.15) is 13.2 Å². The molecule has 3 rings (SSSR count). The van der Waals surface area contributed by atoms with Gasteiger partial charge in [0.15, 0.2) is 0 Å². The maximum absolute atomic E-state index is 12.7. The number of nitrogens with zero attached hydrogens (tertiary/aromatic N) is 1. The molecule has 0 saturated carbocycles. The van der Waals surface area contributed by atoms with Crippen LogP contribution in [0.15, 0.2) is 42.5 Å². The van der Waals surface area contributed by atoms with Gasteiger partial charge in [0.1, 0.15) is 5.69 Å². The van der Waals surface area contributed by atoms with Gasteiger partial charge in [-0.25, -0.2) is 0 Å². The van der Waals surface area contributed by atoms with E-state index in [9.17, 15) is 28.1 Å². The molecular weight excluding hydrogens is 363 g/mol. The molecule has 0 aromatic heterocycles. The molecule has 1 amide bonds. The number of halogens is 3. The Morgan fingerprint density at radius 3 is 2.63 bits per heavy atom. The molecule has 0 unspecified atom stereocenters. The monoisotopic (exact) mass is 379 g/mol. The van der Waals surface area contributed by atoms with Gasteiger partial charge >= 0.3 is 6.18 Å². The van der Waals surface area contributed by atoms with Gasteiger partial charge in [0.2, 0.25) is 5.91 Å². The Bertz CT molecular complexity index is 884. The number of amides is 1. The smallest absolute Gasteiger partial charge is 0.292 e. The van der Waals surface area contributed by atoms with E-state index in [-0.39, 0.29) is 5.69 Å². The second-order valence-corrected chi connectivity index (χ2v) is 6.24. The normalized spacial score (nSPS) is 16.3. The summed E-state index contributed by atoms with van der Waals surface area (Å²) in [6.07, 6.45) is -2.37. The average molecular weight is 379 g/mol. The van der Waals surface area contributed by atoms with Crippen molar-refractivity contribution in [3.8, 4) is 0 Å². The van der Waals surface area contributed by atoms with Crippen LogP contribution in [-0.4, -0.2) is 10.8 Å². The van der Waals surface area contributed by atoms with Gasteiger partial charge in [-0.05, 0) is 42.5 Å². The zero-order valence-corrected chi connectivity index (χ0v) is 14.0. The van der Waals surface area contributed by atoms with Crippen molar-refractivity contribution < 1.29 is 22.9 Å². The van der Waals surface area contributed by atoms with E-state index < -0.39 is 34.2 Å². The average Bonchev–Trinajstić information content (AvgIpc) is 2.64.